The number of carbonyl (C=O) groups excluding carboxylic acids is 2. The molecule has 0 bridgehead atoms. The minimum Gasteiger partial charge on any atom is -0.348 e. The van der Waals surface area contributed by atoms with Gasteiger partial charge in [0.05, 0.1) is 0 Å². The van der Waals surface area contributed by atoms with Crippen LogP contribution in [0.4, 0.5) is 14.5 Å². The summed E-state index contributed by atoms with van der Waals surface area (Å²) in [5.41, 5.74) is 0.705. The molecule has 0 heterocycles. The van der Waals surface area contributed by atoms with Crippen molar-refractivity contribution in [1.82, 2.24) is 5.32 Å². The summed E-state index contributed by atoms with van der Waals surface area (Å²) in [6, 6.07) is 10.2. The van der Waals surface area contributed by atoms with Gasteiger partial charge in [-0.3, -0.25) is 9.59 Å². The number of nitrogens with one attached hydrogen (secondary N) is 2. The van der Waals surface area contributed by atoms with E-state index in [1.807, 2.05) is 6.92 Å². The zero-order chi connectivity index (χ0) is 17.5. The molecule has 0 unspecified atom stereocenters. The van der Waals surface area contributed by atoms with E-state index in [9.17, 15) is 18.4 Å². The highest BCUT2D eigenvalue weighted by molar-refractivity contribution is 5.94. The maximum Gasteiger partial charge on any atom is 0.257 e. The lowest BCUT2D eigenvalue weighted by molar-refractivity contribution is -0.116. The van der Waals surface area contributed by atoms with Gasteiger partial charge in [-0.25, -0.2) is 8.78 Å². The summed E-state index contributed by atoms with van der Waals surface area (Å²) >= 11 is 0. The number of benzene rings is 2. The van der Waals surface area contributed by atoms with Crippen molar-refractivity contribution in [1.29, 1.82) is 0 Å². The molecular formula is C18H18F2N2O2. The lowest BCUT2D eigenvalue weighted by atomic mass is 10.1. The van der Waals surface area contributed by atoms with Crippen LogP contribution in [0, 0.1) is 11.6 Å². The number of rotatable bonds is 6. The lowest BCUT2D eigenvalue weighted by Gasteiger charge is -2.09. The fourth-order valence-corrected chi connectivity index (χ4v) is 2.20. The van der Waals surface area contributed by atoms with Crippen molar-refractivity contribution in [3.05, 3.63) is 65.2 Å². The Kier molecular flexibility index (Phi) is 6.01. The zero-order valence-corrected chi connectivity index (χ0v) is 13.2. The van der Waals surface area contributed by atoms with E-state index in [1.54, 1.807) is 24.3 Å². The molecule has 4 nitrogen and oxygen atoms in total. The van der Waals surface area contributed by atoms with Crippen LogP contribution < -0.4 is 10.6 Å². The second-order valence-electron chi connectivity index (χ2n) is 5.28. The Morgan fingerprint density at radius 1 is 1.04 bits per heavy atom. The largest absolute Gasteiger partial charge is 0.348 e. The molecule has 0 aromatic heterocycles. The fraction of sp³-hybridized carbons (Fsp3) is 0.222. The second-order valence-corrected chi connectivity index (χ2v) is 5.28. The molecular weight excluding hydrogens is 314 g/mol. The number of anilines is 1. The summed E-state index contributed by atoms with van der Waals surface area (Å²) in [4.78, 5) is 23.5. The summed E-state index contributed by atoms with van der Waals surface area (Å²) in [6.07, 6.45) is 1.17. The van der Waals surface area contributed by atoms with Crippen molar-refractivity contribution in [3.8, 4) is 0 Å². The van der Waals surface area contributed by atoms with Gasteiger partial charge in [0.1, 0.15) is 17.2 Å². The standard InChI is InChI=1S/C18H18F2N2O2/c1-2-5-16(23)22-13-7-3-6-12(10-13)11-21-18(24)17-14(19)8-4-9-15(17)20/h3-4,6-10H,2,5,11H2,1H3,(H,21,24)(H,22,23). The lowest BCUT2D eigenvalue weighted by Crippen LogP contribution is -2.25. The van der Waals surface area contributed by atoms with Crippen LogP contribution in [0.15, 0.2) is 42.5 Å². The van der Waals surface area contributed by atoms with Crippen LogP contribution in [0.5, 0.6) is 0 Å². The van der Waals surface area contributed by atoms with Crippen molar-refractivity contribution in [2.24, 2.45) is 0 Å². The van der Waals surface area contributed by atoms with Crippen LogP contribution in [-0.4, -0.2) is 11.8 Å². The number of hydrogen-bond donors (Lipinski definition) is 2. The van der Waals surface area contributed by atoms with Gasteiger partial charge in [0.25, 0.3) is 5.91 Å². The molecule has 2 N–H and O–H groups in total. The van der Waals surface area contributed by atoms with E-state index in [-0.39, 0.29) is 12.5 Å². The van der Waals surface area contributed by atoms with Crippen molar-refractivity contribution >= 4 is 17.5 Å². The van der Waals surface area contributed by atoms with Crippen molar-refractivity contribution in [2.45, 2.75) is 26.3 Å². The summed E-state index contributed by atoms with van der Waals surface area (Å²) in [6.45, 7) is 2.00. The predicted molar refractivity (Wildman–Crippen MR) is 87.5 cm³/mol. The fourth-order valence-electron chi connectivity index (χ4n) is 2.20. The van der Waals surface area contributed by atoms with Crippen LogP contribution in [0.25, 0.3) is 0 Å². The van der Waals surface area contributed by atoms with Crippen molar-refractivity contribution < 1.29 is 18.4 Å². The molecule has 2 aromatic rings. The summed E-state index contributed by atoms with van der Waals surface area (Å²) in [7, 11) is 0. The molecule has 24 heavy (non-hydrogen) atoms. The third-order valence-electron chi connectivity index (χ3n) is 3.33. The minimum absolute atomic E-state index is 0.0874. The Hall–Kier alpha value is -2.76. The Balaban J connectivity index is 2.02. The molecule has 0 fully saturated rings. The number of halogens is 2. The van der Waals surface area contributed by atoms with E-state index < -0.39 is 23.1 Å². The first-order valence-corrected chi connectivity index (χ1v) is 7.62. The first kappa shape index (κ1) is 17.6. The monoisotopic (exact) mass is 332 g/mol. The van der Waals surface area contributed by atoms with E-state index in [4.69, 9.17) is 0 Å². The predicted octanol–water partition coefficient (Wildman–Crippen LogP) is 3.63. The SMILES string of the molecule is CCCC(=O)Nc1cccc(CNC(=O)c2c(F)cccc2F)c1. The quantitative estimate of drug-likeness (QED) is 0.848. The summed E-state index contributed by atoms with van der Waals surface area (Å²) in [5, 5.41) is 5.22. The maximum atomic E-state index is 13.6. The Morgan fingerprint density at radius 3 is 2.38 bits per heavy atom. The first-order valence-electron chi connectivity index (χ1n) is 7.62. The van der Waals surface area contributed by atoms with Crippen LogP contribution in [-0.2, 0) is 11.3 Å². The highest BCUT2D eigenvalue weighted by Gasteiger charge is 2.16. The van der Waals surface area contributed by atoms with Crippen LogP contribution in [0.3, 0.4) is 0 Å². The number of amides is 2. The van der Waals surface area contributed by atoms with Gasteiger partial charge >= 0.3 is 0 Å². The third-order valence-corrected chi connectivity index (χ3v) is 3.33. The summed E-state index contributed by atoms with van der Waals surface area (Å²) in [5.74, 6) is -2.74. The van der Waals surface area contributed by atoms with Crippen LogP contribution in [0.2, 0.25) is 0 Å². The molecule has 0 saturated heterocycles. The Morgan fingerprint density at radius 2 is 1.71 bits per heavy atom. The molecule has 0 saturated carbocycles. The van der Waals surface area contributed by atoms with E-state index in [2.05, 4.69) is 10.6 Å². The summed E-state index contributed by atoms with van der Waals surface area (Å²) < 4.78 is 27.1. The molecule has 2 amide bonds. The van der Waals surface area contributed by atoms with Crippen molar-refractivity contribution in [2.75, 3.05) is 5.32 Å². The average molecular weight is 332 g/mol. The molecule has 126 valence electrons. The number of hydrogen-bond acceptors (Lipinski definition) is 2. The Bertz CT molecular complexity index is 727. The first-order chi connectivity index (χ1) is 11.5. The van der Waals surface area contributed by atoms with Crippen molar-refractivity contribution in [3.63, 3.8) is 0 Å². The van der Waals surface area contributed by atoms with Gasteiger partial charge < -0.3 is 10.6 Å². The second kappa shape index (κ2) is 8.19. The zero-order valence-electron chi connectivity index (χ0n) is 13.2. The molecule has 0 spiro atoms. The van der Waals surface area contributed by atoms with E-state index in [1.165, 1.54) is 6.07 Å². The molecule has 6 heteroatoms. The molecule has 0 aliphatic carbocycles. The molecule has 0 aliphatic heterocycles. The van der Waals surface area contributed by atoms with Crippen LogP contribution >= 0.6 is 0 Å². The topological polar surface area (TPSA) is 58.2 Å². The molecule has 2 aromatic carbocycles. The van der Waals surface area contributed by atoms with Gasteiger partial charge in [-0.15, -0.1) is 0 Å². The average Bonchev–Trinajstić information content (AvgIpc) is 2.53. The Labute approximate surface area is 138 Å². The minimum atomic E-state index is -0.909. The van der Waals surface area contributed by atoms with Gasteiger partial charge in [0, 0.05) is 18.7 Å². The van der Waals surface area contributed by atoms with Gasteiger partial charge in [0.2, 0.25) is 5.91 Å². The smallest absolute Gasteiger partial charge is 0.257 e. The normalized spacial score (nSPS) is 10.3. The van der Waals surface area contributed by atoms with E-state index in [0.29, 0.717) is 17.7 Å². The molecule has 0 aliphatic rings. The number of carbonyl (C=O) groups is 2. The maximum absolute atomic E-state index is 13.6. The highest BCUT2D eigenvalue weighted by Crippen LogP contribution is 2.14. The van der Waals surface area contributed by atoms with E-state index in [0.717, 1.165) is 18.6 Å². The van der Waals surface area contributed by atoms with Gasteiger partial charge in [-0.2, -0.15) is 0 Å². The van der Waals surface area contributed by atoms with Gasteiger partial charge in [0.15, 0.2) is 0 Å². The molecule has 0 atom stereocenters. The third kappa shape index (κ3) is 4.62. The molecule has 0 radical (unpaired) electrons. The van der Waals surface area contributed by atoms with E-state index >= 15 is 0 Å². The highest BCUT2D eigenvalue weighted by atomic mass is 19.1. The molecule has 2 rings (SSSR count). The van der Waals surface area contributed by atoms with Crippen LogP contribution in [0.1, 0.15) is 35.7 Å². The van der Waals surface area contributed by atoms with Gasteiger partial charge in [-0.1, -0.05) is 25.1 Å². The van der Waals surface area contributed by atoms with Gasteiger partial charge in [-0.05, 0) is 36.2 Å².